The van der Waals surface area contributed by atoms with Crippen LogP contribution in [0.1, 0.15) is 8.22 Å². The number of hydrogen-bond acceptors (Lipinski definition) is 1. The highest BCUT2D eigenvalue weighted by Gasteiger charge is 2.17. The van der Waals surface area contributed by atoms with Crippen molar-refractivity contribution in [3.63, 3.8) is 0 Å². The van der Waals surface area contributed by atoms with Crippen LogP contribution < -0.4 is 0 Å². The second kappa shape index (κ2) is 11.1. The van der Waals surface area contributed by atoms with E-state index in [9.17, 15) is 8.22 Å². The van der Waals surface area contributed by atoms with Gasteiger partial charge in [0.25, 0.3) is 0 Å². The van der Waals surface area contributed by atoms with E-state index < -0.39 is 0 Å². The van der Waals surface area contributed by atoms with Crippen molar-refractivity contribution in [2.45, 2.75) is 0 Å². The van der Waals surface area contributed by atoms with Crippen LogP contribution in [0.2, 0.25) is 0 Å². The summed E-state index contributed by atoms with van der Waals surface area (Å²) in [6.07, 6.45) is 0. The van der Waals surface area contributed by atoms with Crippen molar-refractivity contribution in [2.24, 2.45) is 0 Å². The summed E-state index contributed by atoms with van der Waals surface area (Å²) in [5, 5.41) is 5.36. The van der Waals surface area contributed by atoms with E-state index in [0.29, 0.717) is 16.7 Å². The molecule has 0 saturated carbocycles. The van der Waals surface area contributed by atoms with E-state index in [-0.39, 0.29) is 58.2 Å². The van der Waals surface area contributed by atoms with Crippen molar-refractivity contribution in [3.05, 3.63) is 182 Å². The summed E-state index contributed by atoms with van der Waals surface area (Å²) in [5.41, 5.74) is 6.84. The minimum absolute atomic E-state index is 0.0142. The SMILES string of the molecule is [2H]c1c(-c2c3ccccc3c(-c3ccccc3)c3ccccc23)c([2H])c2c([2H])c([2H])c(-c3ccc4c(c3)oc3c(-c5ccccc5)cccc34)c([2H])c2c1[2H]. The first kappa shape index (κ1) is 22.2. The molecule has 0 unspecified atom stereocenters. The predicted molar refractivity (Wildman–Crippen MR) is 208 cm³/mol. The summed E-state index contributed by atoms with van der Waals surface area (Å²) >= 11 is 0. The molecule has 10 rings (SSSR count). The quantitative estimate of drug-likeness (QED) is 0.177. The van der Waals surface area contributed by atoms with Gasteiger partial charge in [-0.2, -0.15) is 0 Å². The Hall–Kier alpha value is -6.44. The van der Waals surface area contributed by atoms with Gasteiger partial charge in [-0.3, -0.25) is 0 Å². The zero-order valence-electron chi connectivity index (χ0n) is 32.3. The summed E-state index contributed by atoms with van der Waals surface area (Å²) in [7, 11) is 0. The maximum atomic E-state index is 9.65. The van der Waals surface area contributed by atoms with Crippen molar-refractivity contribution in [1.29, 1.82) is 0 Å². The van der Waals surface area contributed by atoms with Crippen molar-refractivity contribution in [3.8, 4) is 44.5 Å². The monoisotopic (exact) mass is 628 g/mol. The van der Waals surface area contributed by atoms with Gasteiger partial charge in [0.05, 0.1) is 8.22 Å². The molecule has 1 nitrogen and oxygen atoms in total. The van der Waals surface area contributed by atoms with Gasteiger partial charge in [0, 0.05) is 16.3 Å². The van der Waals surface area contributed by atoms with Crippen LogP contribution in [0.15, 0.2) is 186 Å². The summed E-state index contributed by atoms with van der Waals surface area (Å²) in [5.74, 6) is 0. The van der Waals surface area contributed by atoms with E-state index in [4.69, 9.17) is 4.42 Å². The molecule has 0 N–H and O–H groups in total. The van der Waals surface area contributed by atoms with Gasteiger partial charge in [-0.1, -0.05) is 158 Å². The number of fused-ring (bicyclic) bond motifs is 6. The molecule has 9 aromatic carbocycles. The molecule has 0 radical (unpaired) electrons. The lowest BCUT2D eigenvalue weighted by molar-refractivity contribution is 0.670. The van der Waals surface area contributed by atoms with Crippen molar-refractivity contribution in [2.75, 3.05) is 0 Å². The molecule has 0 amide bonds. The zero-order valence-corrected chi connectivity index (χ0v) is 26.3. The molecule has 0 fully saturated rings. The fourth-order valence-electron chi connectivity index (χ4n) is 7.26. The van der Waals surface area contributed by atoms with Gasteiger partial charge in [-0.25, -0.2) is 0 Å². The van der Waals surface area contributed by atoms with Gasteiger partial charge >= 0.3 is 0 Å². The Morgan fingerprint density at radius 2 is 0.898 bits per heavy atom. The van der Waals surface area contributed by atoms with E-state index in [1.54, 1.807) is 6.07 Å². The molecule has 0 saturated heterocycles. The molecule has 10 aromatic rings. The smallest absolute Gasteiger partial charge is 0.143 e. The van der Waals surface area contributed by atoms with E-state index in [2.05, 4.69) is 12.1 Å². The topological polar surface area (TPSA) is 13.1 Å². The van der Waals surface area contributed by atoms with Crippen molar-refractivity contribution in [1.82, 2.24) is 0 Å². The third-order valence-electron chi connectivity index (χ3n) is 9.49. The average molecular weight is 629 g/mol. The largest absolute Gasteiger partial charge is 0.455 e. The second-order valence-electron chi connectivity index (χ2n) is 12.3. The van der Waals surface area contributed by atoms with Crippen LogP contribution in [0.3, 0.4) is 0 Å². The molecular formula is C48H30O. The fourth-order valence-corrected chi connectivity index (χ4v) is 7.26. The molecule has 0 aliphatic rings. The average Bonchev–Trinajstić information content (AvgIpc) is 3.60. The first-order chi connectivity index (χ1) is 26.8. The van der Waals surface area contributed by atoms with E-state index in [1.807, 2.05) is 127 Å². The number of rotatable bonds is 4. The van der Waals surface area contributed by atoms with Crippen LogP contribution in [0.25, 0.3) is 98.8 Å². The molecule has 49 heavy (non-hydrogen) atoms. The molecule has 0 bridgehead atoms. The van der Waals surface area contributed by atoms with E-state index in [0.717, 1.165) is 60.2 Å². The molecule has 0 aliphatic carbocycles. The van der Waals surface area contributed by atoms with Crippen LogP contribution in [-0.2, 0) is 0 Å². The maximum Gasteiger partial charge on any atom is 0.143 e. The van der Waals surface area contributed by atoms with Gasteiger partial charge in [-0.15, -0.1) is 0 Å². The normalized spacial score (nSPS) is 13.4. The lowest BCUT2D eigenvalue weighted by Gasteiger charge is -2.18. The number of para-hydroxylation sites is 1. The lowest BCUT2D eigenvalue weighted by atomic mass is 9.85. The minimum atomic E-state index is -0.258. The Bertz CT molecular complexity index is 3150. The summed E-state index contributed by atoms with van der Waals surface area (Å²) in [4.78, 5) is 0. The van der Waals surface area contributed by atoms with Gasteiger partial charge in [-0.05, 0) is 95.5 Å². The zero-order chi connectivity index (χ0) is 37.5. The summed E-state index contributed by atoms with van der Waals surface area (Å²) < 4.78 is 63.0. The van der Waals surface area contributed by atoms with E-state index in [1.165, 1.54) is 0 Å². The molecule has 0 atom stereocenters. The van der Waals surface area contributed by atoms with Gasteiger partial charge in [0.2, 0.25) is 0 Å². The summed E-state index contributed by atoms with van der Waals surface area (Å²) in [6, 6.07) is 46.3. The standard InChI is InChI=1S/C48H30O/c1-3-12-31(13-4-1)38-20-11-21-44-39-27-26-36(30-45(39)49-48(38)44)34-22-23-35-29-37(25-24-33(35)28-34)47-42-18-9-7-16-40(42)46(32-14-5-2-6-15-32)41-17-8-10-19-43(41)47/h1-30H/i22D,23D,24D,25D,28D,29D. The Morgan fingerprint density at radius 3 is 1.55 bits per heavy atom. The van der Waals surface area contributed by atoms with Crippen LogP contribution in [0, 0.1) is 0 Å². The number of hydrogen-bond donors (Lipinski definition) is 0. The van der Waals surface area contributed by atoms with Crippen molar-refractivity contribution < 1.29 is 12.6 Å². The second-order valence-corrected chi connectivity index (χ2v) is 12.3. The van der Waals surface area contributed by atoms with Crippen LogP contribution in [0.4, 0.5) is 0 Å². The molecule has 228 valence electrons. The van der Waals surface area contributed by atoms with E-state index >= 15 is 0 Å². The first-order valence-electron chi connectivity index (χ1n) is 19.4. The molecule has 1 aromatic heterocycles. The Balaban J connectivity index is 1.22. The third kappa shape index (κ3) is 4.47. The van der Waals surface area contributed by atoms with Crippen LogP contribution >= 0.6 is 0 Å². The Kier molecular flexibility index (Phi) is 5.02. The first-order valence-corrected chi connectivity index (χ1v) is 16.4. The molecular weight excluding hydrogens is 593 g/mol. The van der Waals surface area contributed by atoms with Crippen LogP contribution in [0.5, 0.6) is 0 Å². The molecule has 0 spiro atoms. The van der Waals surface area contributed by atoms with Gasteiger partial charge < -0.3 is 4.42 Å². The highest BCUT2D eigenvalue weighted by molar-refractivity contribution is 6.21. The molecule has 0 aliphatic heterocycles. The molecule has 1 heteroatoms. The van der Waals surface area contributed by atoms with Crippen molar-refractivity contribution >= 4 is 54.3 Å². The fraction of sp³-hybridized carbons (Fsp3) is 0. The third-order valence-corrected chi connectivity index (χ3v) is 9.49. The van der Waals surface area contributed by atoms with Crippen LogP contribution in [-0.4, -0.2) is 0 Å². The minimum Gasteiger partial charge on any atom is -0.455 e. The van der Waals surface area contributed by atoms with Gasteiger partial charge in [0.1, 0.15) is 11.2 Å². The number of furan rings is 1. The summed E-state index contributed by atoms with van der Waals surface area (Å²) in [6.45, 7) is 0. The highest BCUT2D eigenvalue weighted by atomic mass is 16.3. The lowest BCUT2D eigenvalue weighted by Crippen LogP contribution is -1.90. The Labute approximate surface area is 292 Å². The number of benzene rings is 9. The van der Waals surface area contributed by atoms with Gasteiger partial charge in [0.15, 0.2) is 0 Å². The Morgan fingerprint density at radius 1 is 0.367 bits per heavy atom. The predicted octanol–water partition coefficient (Wildman–Crippen LogP) is 13.7. The maximum absolute atomic E-state index is 9.65. The highest BCUT2D eigenvalue weighted by Crippen LogP contribution is 2.44. The molecule has 1 heterocycles.